The summed E-state index contributed by atoms with van der Waals surface area (Å²) in [5, 5.41) is 2.02. The van der Waals surface area contributed by atoms with Crippen molar-refractivity contribution in [3.63, 3.8) is 0 Å². The first-order chi connectivity index (χ1) is 11.1. The van der Waals surface area contributed by atoms with E-state index >= 15 is 0 Å². The van der Waals surface area contributed by atoms with Crippen molar-refractivity contribution in [3.05, 3.63) is 42.5 Å². The average Bonchev–Trinajstić information content (AvgIpc) is 2.56. The minimum atomic E-state index is -3.43. The number of rotatable bonds is 5. The van der Waals surface area contributed by atoms with Crippen LogP contribution in [0.5, 0.6) is 0 Å². The Hall–Kier alpha value is -1.39. The lowest BCUT2D eigenvalue weighted by molar-refractivity contribution is 0.297. The second-order valence-electron chi connectivity index (χ2n) is 6.64. The molecule has 0 heterocycles. The van der Waals surface area contributed by atoms with Gasteiger partial charge in [0, 0.05) is 6.04 Å². The topological polar surface area (TPSA) is 46.2 Å². The Bertz CT molecular complexity index is 762. The van der Waals surface area contributed by atoms with Crippen molar-refractivity contribution in [3.8, 4) is 0 Å². The molecule has 1 aliphatic rings. The Labute approximate surface area is 139 Å². The highest BCUT2D eigenvalue weighted by Gasteiger charge is 2.25. The van der Waals surface area contributed by atoms with Gasteiger partial charge in [0.15, 0.2) is 0 Å². The lowest BCUT2D eigenvalue weighted by Gasteiger charge is -2.28. The number of fused-ring (bicyclic) bond motifs is 1. The summed E-state index contributed by atoms with van der Waals surface area (Å²) in [5.41, 5.74) is 0. The fourth-order valence-corrected chi connectivity index (χ4v) is 4.94. The minimum Gasteiger partial charge on any atom is -0.208 e. The number of hydrogen-bond donors (Lipinski definition) is 1. The van der Waals surface area contributed by atoms with Crippen LogP contribution >= 0.6 is 0 Å². The summed E-state index contributed by atoms with van der Waals surface area (Å²) < 4.78 is 28.2. The molecular formula is C19H25NO2S. The molecule has 0 atom stereocenters. The number of sulfonamides is 1. The van der Waals surface area contributed by atoms with Crippen molar-refractivity contribution in [2.24, 2.45) is 5.92 Å². The quantitative estimate of drug-likeness (QED) is 0.878. The van der Waals surface area contributed by atoms with Gasteiger partial charge in [-0.25, -0.2) is 13.1 Å². The fourth-order valence-electron chi connectivity index (χ4n) is 3.60. The molecule has 2 aromatic carbocycles. The largest absolute Gasteiger partial charge is 0.240 e. The maximum Gasteiger partial charge on any atom is 0.240 e. The van der Waals surface area contributed by atoms with Crippen LogP contribution in [0, 0.1) is 5.92 Å². The van der Waals surface area contributed by atoms with Gasteiger partial charge in [-0.15, -0.1) is 0 Å². The molecule has 124 valence electrons. The molecule has 0 aliphatic heterocycles. The van der Waals surface area contributed by atoms with Crippen LogP contribution in [0.2, 0.25) is 0 Å². The molecular weight excluding hydrogens is 306 g/mol. The molecule has 1 N–H and O–H groups in total. The van der Waals surface area contributed by atoms with Gasteiger partial charge in [0.1, 0.15) is 0 Å². The van der Waals surface area contributed by atoms with Crippen LogP contribution in [0.15, 0.2) is 47.4 Å². The van der Waals surface area contributed by atoms with Crippen molar-refractivity contribution in [1.29, 1.82) is 0 Å². The first kappa shape index (κ1) is 16.5. The smallest absolute Gasteiger partial charge is 0.208 e. The van der Waals surface area contributed by atoms with E-state index in [1.807, 2.05) is 30.3 Å². The lowest BCUT2D eigenvalue weighted by atomic mass is 9.84. The first-order valence-corrected chi connectivity index (χ1v) is 10.1. The van der Waals surface area contributed by atoms with E-state index in [0.29, 0.717) is 4.90 Å². The van der Waals surface area contributed by atoms with Crippen molar-refractivity contribution in [2.75, 3.05) is 0 Å². The van der Waals surface area contributed by atoms with Crippen LogP contribution in [-0.2, 0) is 10.0 Å². The second-order valence-corrected chi connectivity index (χ2v) is 8.35. The van der Waals surface area contributed by atoms with Gasteiger partial charge in [0.05, 0.1) is 4.90 Å². The molecule has 0 amide bonds. The van der Waals surface area contributed by atoms with Crippen LogP contribution < -0.4 is 4.72 Å². The maximum absolute atomic E-state index is 12.6. The second kappa shape index (κ2) is 7.02. The summed E-state index contributed by atoms with van der Waals surface area (Å²) in [6, 6.07) is 13.3. The molecule has 3 nitrogen and oxygen atoms in total. The molecule has 0 unspecified atom stereocenters. The van der Waals surface area contributed by atoms with E-state index in [1.165, 1.54) is 12.8 Å². The summed E-state index contributed by atoms with van der Waals surface area (Å²) >= 11 is 0. The van der Waals surface area contributed by atoms with Gasteiger partial charge in [-0.2, -0.15) is 0 Å². The molecule has 1 aliphatic carbocycles. The SMILES string of the molecule is CCCC1CCC(NS(=O)(=O)c2ccc3ccccc3c2)CC1. The van der Waals surface area contributed by atoms with Crippen LogP contribution in [0.4, 0.5) is 0 Å². The van der Waals surface area contributed by atoms with E-state index in [0.717, 1.165) is 42.4 Å². The standard InChI is InChI=1S/C19H25NO2S/c1-2-5-15-8-11-18(12-9-15)20-23(21,22)19-13-10-16-6-3-4-7-17(16)14-19/h3-4,6-7,10,13-15,18,20H,2,5,8-9,11-12H2,1H3. The molecule has 3 rings (SSSR count). The Morgan fingerprint density at radius 1 is 1.00 bits per heavy atom. The van der Waals surface area contributed by atoms with Crippen LogP contribution in [0.25, 0.3) is 10.8 Å². The molecule has 23 heavy (non-hydrogen) atoms. The molecule has 0 saturated heterocycles. The van der Waals surface area contributed by atoms with Crippen molar-refractivity contribution >= 4 is 20.8 Å². The van der Waals surface area contributed by atoms with Crippen LogP contribution in [0.3, 0.4) is 0 Å². The fraction of sp³-hybridized carbons (Fsp3) is 0.474. The highest BCUT2D eigenvalue weighted by Crippen LogP contribution is 2.29. The van der Waals surface area contributed by atoms with Gasteiger partial charge in [0.25, 0.3) is 0 Å². The molecule has 4 heteroatoms. The van der Waals surface area contributed by atoms with Gasteiger partial charge < -0.3 is 0 Å². The van der Waals surface area contributed by atoms with E-state index in [9.17, 15) is 8.42 Å². The Balaban J connectivity index is 1.71. The van der Waals surface area contributed by atoms with Crippen molar-refractivity contribution < 1.29 is 8.42 Å². The minimum absolute atomic E-state index is 0.0829. The predicted molar refractivity (Wildman–Crippen MR) is 94.9 cm³/mol. The maximum atomic E-state index is 12.6. The lowest BCUT2D eigenvalue weighted by Crippen LogP contribution is -2.37. The van der Waals surface area contributed by atoms with Crippen molar-refractivity contribution in [1.82, 2.24) is 4.72 Å². The van der Waals surface area contributed by atoms with E-state index in [4.69, 9.17) is 0 Å². The summed E-state index contributed by atoms with van der Waals surface area (Å²) in [5.74, 6) is 0.779. The monoisotopic (exact) mass is 331 g/mol. The molecule has 2 aromatic rings. The average molecular weight is 331 g/mol. The Morgan fingerprint density at radius 2 is 1.70 bits per heavy atom. The molecule has 0 aromatic heterocycles. The highest BCUT2D eigenvalue weighted by atomic mass is 32.2. The van der Waals surface area contributed by atoms with Gasteiger partial charge in [-0.1, -0.05) is 50.1 Å². The van der Waals surface area contributed by atoms with Gasteiger partial charge in [0.2, 0.25) is 10.0 Å². The van der Waals surface area contributed by atoms with Crippen LogP contribution in [-0.4, -0.2) is 14.5 Å². The summed E-state index contributed by atoms with van der Waals surface area (Å²) in [4.78, 5) is 0.367. The van der Waals surface area contributed by atoms with Gasteiger partial charge in [-0.3, -0.25) is 0 Å². The van der Waals surface area contributed by atoms with E-state index in [1.54, 1.807) is 12.1 Å². The Morgan fingerprint density at radius 3 is 2.39 bits per heavy atom. The van der Waals surface area contributed by atoms with Crippen LogP contribution in [0.1, 0.15) is 45.4 Å². The van der Waals surface area contributed by atoms with E-state index in [-0.39, 0.29) is 6.04 Å². The Kier molecular flexibility index (Phi) is 5.02. The zero-order valence-corrected chi connectivity index (χ0v) is 14.5. The zero-order valence-electron chi connectivity index (χ0n) is 13.7. The van der Waals surface area contributed by atoms with E-state index in [2.05, 4.69) is 11.6 Å². The zero-order chi connectivity index (χ0) is 16.3. The molecule has 1 saturated carbocycles. The van der Waals surface area contributed by atoms with E-state index < -0.39 is 10.0 Å². The van der Waals surface area contributed by atoms with Crippen molar-refractivity contribution in [2.45, 2.75) is 56.4 Å². The third kappa shape index (κ3) is 3.93. The predicted octanol–water partition coefficient (Wildman–Crippen LogP) is 4.48. The number of hydrogen-bond acceptors (Lipinski definition) is 2. The molecule has 0 spiro atoms. The first-order valence-electron chi connectivity index (χ1n) is 8.59. The number of nitrogens with one attached hydrogen (secondary N) is 1. The third-order valence-corrected chi connectivity index (χ3v) is 6.41. The van der Waals surface area contributed by atoms with Gasteiger partial charge >= 0.3 is 0 Å². The summed E-state index contributed by atoms with van der Waals surface area (Å²) in [6.07, 6.45) is 6.68. The number of benzene rings is 2. The summed E-state index contributed by atoms with van der Waals surface area (Å²) in [7, 11) is -3.43. The molecule has 0 bridgehead atoms. The highest BCUT2D eigenvalue weighted by molar-refractivity contribution is 7.89. The third-order valence-electron chi connectivity index (χ3n) is 4.90. The normalized spacial score (nSPS) is 22.3. The molecule has 1 fully saturated rings. The van der Waals surface area contributed by atoms with Gasteiger partial charge in [-0.05, 0) is 54.5 Å². The molecule has 0 radical (unpaired) electrons. The summed E-state index contributed by atoms with van der Waals surface area (Å²) in [6.45, 7) is 2.22.